The van der Waals surface area contributed by atoms with Gasteiger partial charge in [-0.25, -0.2) is 13.4 Å². The average molecular weight is 677 g/mol. The number of nitrogens with one attached hydrogen (secondary N) is 1. The van der Waals surface area contributed by atoms with E-state index in [0.29, 0.717) is 23.9 Å². The zero-order valence-corrected chi connectivity index (χ0v) is 30.1. The first-order chi connectivity index (χ1) is 21.9. The molecule has 3 atom stereocenters. The molecule has 6 rings (SSSR count). The molecule has 2 aliphatic rings. The fraction of sp³-hybridized carbons (Fsp3) is 0.486. The van der Waals surface area contributed by atoms with Gasteiger partial charge in [0.25, 0.3) is 0 Å². The molecule has 0 saturated carbocycles. The van der Waals surface area contributed by atoms with E-state index >= 15 is 0 Å². The maximum absolute atomic E-state index is 14.0. The highest BCUT2D eigenvalue weighted by Crippen LogP contribution is 2.39. The van der Waals surface area contributed by atoms with Gasteiger partial charge in [-0.3, -0.25) is 14.5 Å². The molecule has 10 heteroatoms. The third-order valence-corrected chi connectivity index (χ3v) is 11.6. The number of fused-ring (bicyclic) bond motifs is 2. The minimum absolute atomic E-state index is 0. The van der Waals surface area contributed by atoms with Gasteiger partial charge < -0.3 is 11.1 Å². The van der Waals surface area contributed by atoms with Crippen LogP contribution in [0.25, 0.3) is 10.2 Å². The molecule has 1 aromatic carbocycles. The Kier molecular flexibility index (Phi) is 10.9. The van der Waals surface area contributed by atoms with Crippen molar-refractivity contribution in [1.82, 2.24) is 21.0 Å². The number of ketones is 1. The summed E-state index contributed by atoms with van der Waals surface area (Å²) in [6, 6.07) is 16.0. The summed E-state index contributed by atoms with van der Waals surface area (Å²) in [7, 11) is -3.42. The Morgan fingerprint density at radius 3 is 2.70 bits per heavy atom. The van der Waals surface area contributed by atoms with E-state index in [1.807, 2.05) is 42.7 Å². The summed E-state index contributed by atoms with van der Waals surface area (Å²) in [5, 5.41) is 1.06. The molecule has 0 radical (unpaired) electrons. The van der Waals surface area contributed by atoms with Crippen LogP contribution in [0.5, 0.6) is 0 Å². The van der Waals surface area contributed by atoms with Crippen molar-refractivity contribution in [2.24, 2.45) is 11.3 Å². The number of thiophene rings is 1. The van der Waals surface area contributed by atoms with E-state index in [1.54, 1.807) is 6.07 Å². The Hall–Kier alpha value is -3.18. The van der Waals surface area contributed by atoms with Crippen LogP contribution in [-0.4, -0.2) is 55.0 Å². The summed E-state index contributed by atoms with van der Waals surface area (Å²) in [6.45, 7) is 9.85. The summed E-state index contributed by atoms with van der Waals surface area (Å²) < 4.78 is 26.6. The van der Waals surface area contributed by atoms with Crippen molar-refractivity contribution >= 4 is 43.0 Å². The summed E-state index contributed by atoms with van der Waals surface area (Å²) in [4.78, 5) is 27.5. The van der Waals surface area contributed by atoms with Gasteiger partial charge in [0.1, 0.15) is 4.83 Å². The number of sulfonamides is 1. The number of benzene rings is 1. The standard InChI is InChI=1S/C37H46N4O3S2.H3N/c1-37(2,3)31-12-13-33-29(19-31)18-30-22-35(45-36(30)39-33)34(42)21-26(25-8-5-11-32(20-25)40-46(4,43)44)14-17-41-16-7-10-28(24-41)27-9-6-15-38-23-27;/h5-6,8-9,11,15,18,20,22-23,26,28,31,40H,7,10,12-14,16-17,19,21,24H2,1-4H3;1H3/p+1/t26-,28?,31-;/m0./s1. The quantitative estimate of drug-likeness (QED) is 0.163. The normalized spacial score (nSPS) is 19.5. The van der Waals surface area contributed by atoms with Crippen LogP contribution in [0.15, 0.2) is 60.9 Å². The molecule has 0 bridgehead atoms. The number of quaternary nitrogens is 1. The number of rotatable bonds is 10. The lowest BCUT2D eigenvalue weighted by Crippen LogP contribution is -2.35. The number of carbonyl (C=O) groups excluding carboxylic acids is 1. The van der Waals surface area contributed by atoms with Crippen molar-refractivity contribution in [1.29, 1.82) is 0 Å². The van der Waals surface area contributed by atoms with Crippen molar-refractivity contribution in [3.63, 3.8) is 0 Å². The van der Waals surface area contributed by atoms with E-state index in [2.05, 4.69) is 47.5 Å². The van der Waals surface area contributed by atoms with E-state index in [1.165, 1.54) is 28.2 Å². The molecule has 8 nitrogen and oxygen atoms in total. The van der Waals surface area contributed by atoms with Crippen LogP contribution >= 0.6 is 11.3 Å². The summed E-state index contributed by atoms with van der Waals surface area (Å²) >= 11 is 1.51. The first-order valence-corrected chi connectivity index (χ1v) is 19.3. The zero-order chi connectivity index (χ0) is 32.5. The molecule has 1 aliphatic heterocycles. The predicted octanol–water partition coefficient (Wildman–Crippen LogP) is 8.22. The molecule has 252 valence electrons. The number of likely N-dealkylation sites (tertiary alicyclic amines) is 1. The SMILES string of the molecule is CC(C)(C)[C@H]1CCc2nc3sc(C(=O)C[C@H](CCN4CCCC(c5cccnc5)C4)c4cccc(NS(C)(=O)=O)c4)cc3cc2C1.[NH4+]. The maximum Gasteiger partial charge on any atom is 0.229 e. The summed E-state index contributed by atoms with van der Waals surface area (Å²) in [5.41, 5.74) is 5.57. The topological polar surface area (TPSA) is 129 Å². The second-order valence-corrected chi connectivity index (χ2v) is 17.2. The van der Waals surface area contributed by atoms with E-state index < -0.39 is 10.0 Å². The van der Waals surface area contributed by atoms with Gasteiger partial charge in [0.2, 0.25) is 10.0 Å². The van der Waals surface area contributed by atoms with Gasteiger partial charge in [-0.2, -0.15) is 0 Å². The average Bonchev–Trinajstić information content (AvgIpc) is 3.44. The second-order valence-electron chi connectivity index (χ2n) is 14.4. The Morgan fingerprint density at radius 2 is 1.96 bits per heavy atom. The molecule has 0 amide bonds. The van der Waals surface area contributed by atoms with Gasteiger partial charge in [-0.1, -0.05) is 39.0 Å². The maximum atomic E-state index is 14.0. The summed E-state index contributed by atoms with van der Waals surface area (Å²) in [6.07, 6.45) is 11.6. The molecule has 1 unspecified atom stereocenters. The molecule has 4 aromatic rings. The summed E-state index contributed by atoms with van der Waals surface area (Å²) in [5.74, 6) is 1.16. The van der Waals surface area contributed by atoms with Crippen LogP contribution in [0.1, 0.15) is 96.8 Å². The number of Topliss-reactive ketones (excluding diaryl/α,β-unsaturated/α-hetero) is 1. The van der Waals surface area contributed by atoms with Crippen molar-refractivity contribution in [3.8, 4) is 0 Å². The molecular formula is C37H50N5O3S2+. The molecular weight excluding hydrogens is 627 g/mol. The highest BCUT2D eigenvalue weighted by molar-refractivity contribution is 7.92. The molecule has 3 aromatic heterocycles. The molecule has 1 saturated heterocycles. The number of pyridine rings is 2. The number of piperidine rings is 1. The Morgan fingerprint density at radius 1 is 1.13 bits per heavy atom. The lowest BCUT2D eigenvalue weighted by atomic mass is 9.71. The number of hydrogen-bond donors (Lipinski definition) is 2. The third kappa shape index (κ3) is 8.84. The Bertz CT molecular complexity index is 1800. The van der Waals surface area contributed by atoms with E-state index in [4.69, 9.17) is 4.98 Å². The number of aryl methyl sites for hydroxylation is 1. The van der Waals surface area contributed by atoms with Crippen molar-refractivity contribution in [2.75, 3.05) is 30.6 Å². The van der Waals surface area contributed by atoms with Crippen molar-refractivity contribution < 1.29 is 13.2 Å². The van der Waals surface area contributed by atoms with Gasteiger partial charge in [0, 0.05) is 42.1 Å². The van der Waals surface area contributed by atoms with Crippen LogP contribution in [0.2, 0.25) is 0 Å². The number of carbonyl (C=O) groups is 1. The monoisotopic (exact) mass is 676 g/mol. The van der Waals surface area contributed by atoms with Crippen molar-refractivity contribution in [3.05, 3.63) is 88.2 Å². The smallest absolute Gasteiger partial charge is 0.229 e. The fourth-order valence-corrected chi connectivity index (χ4v) is 8.81. The molecule has 0 spiro atoms. The largest absolute Gasteiger partial charge is 0.369 e. The van der Waals surface area contributed by atoms with Crippen LogP contribution in [0.3, 0.4) is 0 Å². The molecule has 1 aliphatic carbocycles. The second kappa shape index (κ2) is 14.5. The fourth-order valence-electron chi connectivity index (χ4n) is 7.27. The van der Waals surface area contributed by atoms with E-state index in [-0.39, 0.29) is 23.3 Å². The minimum Gasteiger partial charge on any atom is -0.369 e. The highest BCUT2D eigenvalue weighted by Gasteiger charge is 2.30. The van der Waals surface area contributed by atoms with Crippen LogP contribution < -0.4 is 10.9 Å². The first-order valence-electron chi connectivity index (χ1n) is 16.6. The van der Waals surface area contributed by atoms with E-state index in [9.17, 15) is 13.2 Å². The van der Waals surface area contributed by atoms with Crippen LogP contribution in [0, 0.1) is 11.3 Å². The van der Waals surface area contributed by atoms with Crippen LogP contribution in [0.4, 0.5) is 5.69 Å². The number of nitrogens with zero attached hydrogens (tertiary/aromatic N) is 3. The lowest BCUT2D eigenvalue weighted by Gasteiger charge is -2.34. The number of anilines is 1. The Balaban J connectivity index is 0.00000433. The van der Waals surface area contributed by atoms with E-state index in [0.717, 1.165) is 85.1 Å². The van der Waals surface area contributed by atoms with Gasteiger partial charge in [-0.05, 0) is 122 Å². The molecule has 1 fully saturated rings. The van der Waals surface area contributed by atoms with Gasteiger partial charge in [-0.15, -0.1) is 11.3 Å². The van der Waals surface area contributed by atoms with Gasteiger partial charge >= 0.3 is 0 Å². The van der Waals surface area contributed by atoms with Crippen LogP contribution in [-0.2, 0) is 22.9 Å². The third-order valence-electron chi connectivity index (χ3n) is 9.92. The first kappa shape index (κ1) is 35.1. The lowest BCUT2D eigenvalue weighted by molar-refractivity contribution is 0.0972. The number of hydrogen-bond acceptors (Lipinski definition) is 7. The minimum atomic E-state index is -3.42. The van der Waals surface area contributed by atoms with Crippen molar-refractivity contribution in [2.45, 2.75) is 77.6 Å². The molecule has 5 N–H and O–H groups in total. The molecule has 4 heterocycles. The molecule has 47 heavy (non-hydrogen) atoms. The zero-order valence-electron chi connectivity index (χ0n) is 28.5. The highest BCUT2D eigenvalue weighted by atomic mass is 32.2. The van der Waals surface area contributed by atoms with Gasteiger partial charge in [0.15, 0.2) is 5.78 Å². The Labute approximate surface area is 284 Å². The predicted molar refractivity (Wildman–Crippen MR) is 194 cm³/mol. The number of aromatic nitrogens is 2. The van der Waals surface area contributed by atoms with Gasteiger partial charge in [0.05, 0.1) is 11.1 Å².